The summed E-state index contributed by atoms with van der Waals surface area (Å²) in [6, 6.07) is 0. The molecule has 0 N–H and O–H groups in total. The van der Waals surface area contributed by atoms with Crippen molar-refractivity contribution in [2.75, 3.05) is 0 Å². The van der Waals surface area contributed by atoms with Crippen LogP contribution in [-0.4, -0.2) is 0 Å². The van der Waals surface area contributed by atoms with E-state index >= 15 is 0 Å². The maximum absolute atomic E-state index is 3.75. The van der Waals surface area contributed by atoms with Crippen LogP contribution in [0.5, 0.6) is 0 Å². The number of allylic oxidation sites excluding steroid dienone is 3. The van der Waals surface area contributed by atoms with Gasteiger partial charge in [-0.1, -0.05) is 32.1 Å². The fourth-order valence-electron chi connectivity index (χ4n) is 0.795. The van der Waals surface area contributed by atoms with Crippen molar-refractivity contribution in [2.45, 2.75) is 20.8 Å². The van der Waals surface area contributed by atoms with Gasteiger partial charge in [-0.3, -0.25) is 0 Å². The Morgan fingerprint density at radius 1 is 1.33 bits per heavy atom. The summed E-state index contributed by atoms with van der Waals surface area (Å²) in [6.07, 6.45) is 6.24. The molecule has 9 heavy (non-hydrogen) atoms. The molecule has 52 valence electrons. The second kappa shape index (κ2) is 4.37. The lowest BCUT2D eigenvalue weighted by molar-refractivity contribution is 0.551. The molecule has 0 bridgehead atoms. The number of hydrogen-bond acceptors (Lipinski definition) is 0. The molecule has 1 unspecified atom stereocenters. The highest BCUT2D eigenvalue weighted by Gasteiger charge is 2.02. The lowest BCUT2D eigenvalue weighted by atomic mass is 9.96. The summed E-state index contributed by atoms with van der Waals surface area (Å²) in [7, 11) is 0. The predicted octanol–water partition coefficient (Wildman–Crippen LogP) is 3.02. The second-order valence-electron chi connectivity index (χ2n) is 2.58. The summed E-state index contributed by atoms with van der Waals surface area (Å²) >= 11 is 0. The van der Waals surface area contributed by atoms with Gasteiger partial charge < -0.3 is 0 Å². The van der Waals surface area contributed by atoms with Crippen molar-refractivity contribution in [1.82, 2.24) is 0 Å². The fraction of sp³-hybridized carbons (Fsp3) is 0.556. The van der Waals surface area contributed by atoms with E-state index < -0.39 is 0 Å². The van der Waals surface area contributed by atoms with Crippen LogP contribution in [-0.2, 0) is 0 Å². The molecule has 0 heteroatoms. The Balaban J connectivity index is 3.82. The zero-order valence-corrected chi connectivity index (χ0v) is 6.59. The molecule has 0 saturated heterocycles. The third kappa shape index (κ3) is 3.12. The van der Waals surface area contributed by atoms with Crippen LogP contribution in [0.25, 0.3) is 0 Å². The van der Waals surface area contributed by atoms with Crippen LogP contribution in [0.4, 0.5) is 0 Å². The normalized spacial score (nSPS) is 14.7. The first-order valence-electron chi connectivity index (χ1n) is 3.47. The van der Waals surface area contributed by atoms with E-state index in [-0.39, 0.29) is 0 Å². The quantitative estimate of drug-likeness (QED) is 0.507. The summed E-state index contributed by atoms with van der Waals surface area (Å²) in [5.41, 5.74) is 0. The Morgan fingerprint density at radius 2 is 1.89 bits per heavy atom. The molecular weight excluding hydrogens is 108 g/mol. The lowest BCUT2D eigenvalue weighted by Gasteiger charge is -2.09. The van der Waals surface area contributed by atoms with Gasteiger partial charge in [0.2, 0.25) is 0 Å². The van der Waals surface area contributed by atoms with Gasteiger partial charge in [-0.15, -0.1) is 6.58 Å². The van der Waals surface area contributed by atoms with Crippen LogP contribution in [0.3, 0.4) is 0 Å². The third-order valence-corrected chi connectivity index (χ3v) is 1.46. The van der Waals surface area contributed by atoms with Crippen LogP contribution >= 0.6 is 0 Å². The standard InChI is InChI=1S/C9H16/c1-5-7-9(6-2)8(3)4/h5-9H,2H2,1,3-4H3. The molecule has 0 saturated carbocycles. The van der Waals surface area contributed by atoms with Crippen LogP contribution in [0.1, 0.15) is 20.8 Å². The first kappa shape index (κ1) is 8.48. The summed E-state index contributed by atoms with van der Waals surface area (Å²) in [5, 5.41) is 0. The van der Waals surface area contributed by atoms with E-state index in [4.69, 9.17) is 0 Å². The zero-order chi connectivity index (χ0) is 7.28. The van der Waals surface area contributed by atoms with E-state index in [1.807, 2.05) is 13.0 Å². The smallest absolute Gasteiger partial charge is 0.00332 e. The number of hydrogen-bond donors (Lipinski definition) is 0. The van der Waals surface area contributed by atoms with Crippen molar-refractivity contribution < 1.29 is 0 Å². The maximum Gasteiger partial charge on any atom is -0.00332 e. The van der Waals surface area contributed by atoms with Gasteiger partial charge >= 0.3 is 0 Å². The highest BCUT2D eigenvalue weighted by molar-refractivity contribution is 4.96. The summed E-state index contributed by atoms with van der Waals surface area (Å²) in [4.78, 5) is 0. The van der Waals surface area contributed by atoms with Gasteiger partial charge in [0.25, 0.3) is 0 Å². The maximum atomic E-state index is 3.75. The molecular formula is C9H16. The predicted molar refractivity (Wildman–Crippen MR) is 43.3 cm³/mol. The fourth-order valence-corrected chi connectivity index (χ4v) is 0.795. The van der Waals surface area contributed by atoms with Gasteiger partial charge in [0.05, 0.1) is 0 Å². The molecule has 0 aliphatic heterocycles. The average Bonchev–Trinajstić information content (AvgIpc) is 1.82. The Hall–Kier alpha value is -0.520. The van der Waals surface area contributed by atoms with Crippen LogP contribution in [0.15, 0.2) is 24.8 Å². The minimum atomic E-state index is 0.551. The highest BCUT2D eigenvalue weighted by Crippen LogP contribution is 2.12. The molecule has 0 fully saturated rings. The Bertz CT molecular complexity index is 98.6. The molecule has 0 amide bonds. The monoisotopic (exact) mass is 124 g/mol. The summed E-state index contributed by atoms with van der Waals surface area (Å²) in [5.74, 6) is 1.23. The largest absolute Gasteiger partial charge is 0.102 e. The van der Waals surface area contributed by atoms with Crippen LogP contribution in [0.2, 0.25) is 0 Å². The summed E-state index contributed by atoms with van der Waals surface area (Å²) in [6.45, 7) is 10.2. The SMILES string of the molecule is C=CC(C=CC)C(C)C. The minimum Gasteiger partial charge on any atom is -0.102 e. The Morgan fingerprint density at radius 3 is 2.00 bits per heavy atom. The van der Waals surface area contributed by atoms with E-state index in [9.17, 15) is 0 Å². The van der Waals surface area contributed by atoms with Gasteiger partial charge in [-0.2, -0.15) is 0 Å². The van der Waals surface area contributed by atoms with E-state index in [2.05, 4.69) is 32.6 Å². The molecule has 0 aromatic heterocycles. The summed E-state index contributed by atoms with van der Waals surface area (Å²) < 4.78 is 0. The third-order valence-electron chi connectivity index (χ3n) is 1.46. The van der Waals surface area contributed by atoms with Crippen LogP contribution in [0, 0.1) is 11.8 Å². The Kier molecular flexibility index (Phi) is 4.12. The van der Waals surface area contributed by atoms with Crippen molar-refractivity contribution in [3.63, 3.8) is 0 Å². The van der Waals surface area contributed by atoms with Crippen LogP contribution < -0.4 is 0 Å². The molecule has 0 aromatic rings. The second-order valence-corrected chi connectivity index (χ2v) is 2.58. The van der Waals surface area contributed by atoms with E-state index in [0.29, 0.717) is 11.8 Å². The van der Waals surface area contributed by atoms with E-state index in [1.54, 1.807) is 0 Å². The van der Waals surface area contributed by atoms with Crippen molar-refractivity contribution in [2.24, 2.45) is 11.8 Å². The van der Waals surface area contributed by atoms with Gasteiger partial charge in [-0.25, -0.2) is 0 Å². The molecule has 0 heterocycles. The van der Waals surface area contributed by atoms with Gasteiger partial charge in [0.15, 0.2) is 0 Å². The average molecular weight is 124 g/mol. The van der Waals surface area contributed by atoms with Crippen molar-refractivity contribution in [1.29, 1.82) is 0 Å². The lowest BCUT2D eigenvalue weighted by Crippen LogP contribution is -2.00. The first-order valence-corrected chi connectivity index (χ1v) is 3.47. The molecule has 0 nitrogen and oxygen atoms in total. The van der Waals surface area contributed by atoms with E-state index in [0.717, 1.165) is 0 Å². The van der Waals surface area contributed by atoms with Crippen molar-refractivity contribution >= 4 is 0 Å². The highest BCUT2D eigenvalue weighted by atomic mass is 14.1. The zero-order valence-electron chi connectivity index (χ0n) is 6.59. The molecule has 0 radical (unpaired) electrons. The van der Waals surface area contributed by atoms with Crippen molar-refractivity contribution in [3.8, 4) is 0 Å². The molecule has 0 aromatic carbocycles. The number of rotatable bonds is 3. The molecule has 0 spiro atoms. The minimum absolute atomic E-state index is 0.551. The first-order chi connectivity index (χ1) is 4.22. The molecule has 1 atom stereocenters. The molecule has 0 aliphatic carbocycles. The topological polar surface area (TPSA) is 0 Å². The Labute approximate surface area is 58.3 Å². The van der Waals surface area contributed by atoms with E-state index in [1.165, 1.54) is 0 Å². The van der Waals surface area contributed by atoms with Gasteiger partial charge in [-0.05, 0) is 18.8 Å². The molecule has 0 rings (SSSR count). The van der Waals surface area contributed by atoms with Crippen molar-refractivity contribution in [3.05, 3.63) is 24.8 Å². The van der Waals surface area contributed by atoms with Gasteiger partial charge in [0, 0.05) is 0 Å². The molecule has 0 aliphatic rings. The van der Waals surface area contributed by atoms with Gasteiger partial charge in [0.1, 0.15) is 0 Å².